The third-order valence-corrected chi connectivity index (χ3v) is 16.5. The molecule has 0 saturated carbocycles. The molecule has 8 aromatic rings. The van der Waals surface area contributed by atoms with Crippen LogP contribution in [0.2, 0.25) is 10.0 Å². The van der Waals surface area contributed by atoms with Crippen molar-refractivity contribution in [1.29, 1.82) is 0 Å². The lowest BCUT2D eigenvalue weighted by molar-refractivity contribution is -0.112. The number of nitrogens with two attached hydrogens (primary N) is 1. The van der Waals surface area contributed by atoms with E-state index >= 15 is 0 Å². The number of halogens is 4. The number of likely N-dealkylation sites (N-methyl/N-ethyl adjacent to an activating group) is 1. The summed E-state index contributed by atoms with van der Waals surface area (Å²) in [6.07, 6.45) is 20.8. The van der Waals surface area contributed by atoms with E-state index < -0.39 is 5.24 Å². The zero-order valence-electron chi connectivity index (χ0n) is 45.7. The summed E-state index contributed by atoms with van der Waals surface area (Å²) < 4.78 is 0. The number of H-pyrrole nitrogens is 2. The van der Waals surface area contributed by atoms with E-state index in [-0.39, 0.29) is 54.0 Å². The predicted molar refractivity (Wildman–Crippen MR) is 335 cm³/mol. The van der Waals surface area contributed by atoms with E-state index in [1.54, 1.807) is 54.9 Å². The van der Waals surface area contributed by atoms with Crippen LogP contribution in [0.1, 0.15) is 72.1 Å². The van der Waals surface area contributed by atoms with Gasteiger partial charge in [-0.05, 0) is 144 Å². The Morgan fingerprint density at radius 2 is 1.10 bits per heavy atom. The summed E-state index contributed by atoms with van der Waals surface area (Å²) in [6.45, 7) is 0.689. The first-order valence-corrected chi connectivity index (χ1v) is 29.8. The molecule has 83 heavy (non-hydrogen) atoms. The van der Waals surface area contributed by atoms with E-state index in [0.717, 1.165) is 84.3 Å². The van der Waals surface area contributed by atoms with Gasteiger partial charge in [-0.3, -0.25) is 19.2 Å². The Kier molecular flexibility index (Phi) is 18.9. The third-order valence-electron chi connectivity index (χ3n) is 15.4. The maximum absolute atomic E-state index is 13.5. The zero-order chi connectivity index (χ0) is 58.1. The van der Waals surface area contributed by atoms with Crippen molar-refractivity contribution in [3.63, 3.8) is 0 Å². The summed E-state index contributed by atoms with van der Waals surface area (Å²) in [5.41, 5.74) is 13.8. The Hall–Kier alpha value is -7.61. The molecule has 4 aromatic carbocycles. The number of nitrogens with zero attached hydrogens (tertiary/aromatic N) is 7. The van der Waals surface area contributed by atoms with Gasteiger partial charge in [-0.1, -0.05) is 87.7 Å². The van der Waals surface area contributed by atoms with Crippen LogP contribution in [0.5, 0.6) is 0 Å². The zero-order valence-corrected chi connectivity index (χ0v) is 49.6. The van der Waals surface area contributed by atoms with Crippen LogP contribution in [-0.4, -0.2) is 130 Å². The standard InChI is InChI=1S/C32H34ClN7O2.C26H25ClN6O.C4H4BrClO/c1-39(2)15-5-8-29(41)36-21-11-9-20(10-12-21)31(42)40-23-13-14-24(40)17-22(16-23)37-32-35-19-27(33)30(38-32)26-18-34-28-7-4-3-6-25(26)28;27-22-14-30-26(32-24(22)21-13-29-23-4-2-1-3-20(21)23)31-17-11-18-9-10-19(12-17)33(18)25(34)15-5-7-16(28)8-6-15;5-3-1-2-4(6)7/h3-12,18-19,22-24,34H,13-17H2,1-2H3,(H,36,41)(H,35,37,38);1-8,13-14,17-19,29H,9-12,28H2,(H,30,31,32);1-2H,3H2/b8-5+;;2-1+/t22?,23-,24+;17?,18-,19+;. The number of para-hydroxylation sites is 2. The quantitative estimate of drug-likeness (QED) is 0.0259. The Balaban J connectivity index is 0.000000169. The van der Waals surface area contributed by atoms with Crippen molar-refractivity contribution < 1.29 is 19.2 Å². The molecule has 4 bridgehead atoms. The second-order valence-corrected chi connectivity index (χ2v) is 23.1. The molecule has 3 amide bonds. The van der Waals surface area contributed by atoms with Crippen LogP contribution in [0.25, 0.3) is 44.3 Å². The van der Waals surface area contributed by atoms with Gasteiger partial charge in [0, 0.05) is 122 Å². The molecule has 4 saturated heterocycles. The van der Waals surface area contributed by atoms with Crippen LogP contribution in [-0.2, 0) is 9.59 Å². The van der Waals surface area contributed by atoms with Crippen molar-refractivity contribution in [2.24, 2.45) is 0 Å². The molecule has 8 heterocycles. The maximum atomic E-state index is 13.5. The van der Waals surface area contributed by atoms with Gasteiger partial charge in [0.25, 0.3) is 11.8 Å². The lowest BCUT2D eigenvalue weighted by atomic mass is 9.96. The van der Waals surface area contributed by atoms with Gasteiger partial charge in [0.05, 0.1) is 33.8 Å². The lowest BCUT2D eigenvalue weighted by Gasteiger charge is -2.39. The molecule has 428 valence electrons. The van der Waals surface area contributed by atoms with Crippen LogP contribution < -0.4 is 21.7 Å². The number of alkyl halides is 1. The first-order chi connectivity index (χ1) is 40.2. The number of piperidine rings is 2. The van der Waals surface area contributed by atoms with Crippen LogP contribution in [0.3, 0.4) is 0 Å². The van der Waals surface area contributed by atoms with E-state index in [1.165, 1.54) is 12.2 Å². The fraction of sp³-hybridized carbons (Fsp3) is 0.290. The highest BCUT2D eigenvalue weighted by molar-refractivity contribution is 9.09. The van der Waals surface area contributed by atoms with Gasteiger partial charge in [-0.2, -0.15) is 0 Å². The molecule has 4 fully saturated rings. The molecule has 4 aliphatic heterocycles. The first-order valence-electron chi connectivity index (χ1n) is 27.6. The second-order valence-electron chi connectivity index (χ2n) is 21.3. The minimum absolute atomic E-state index is 0.0362. The van der Waals surface area contributed by atoms with Crippen LogP contribution in [0, 0.1) is 0 Å². The van der Waals surface area contributed by atoms with Crippen molar-refractivity contribution in [3.8, 4) is 22.5 Å². The summed E-state index contributed by atoms with van der Waals surface area (Å²) in [7, 11) is 3.89. The molecule has 0 aliphatic carbocycles. The number of aromatic amines is 2. The van der Waals surface area contributed by atoms with Crippen LogP contribution in [0.4, 0.5) is 23.3 Å². The summed E-state index contributed by atoms with van der Waals surface area (Å²) in [5, 5.41) is 13.3. The van der Waals surface area contributed by atoms with Gasteiger partial charge in [0.2, 0.25) is 23.0 Å². The van der Waals surface area contributed by atoms with E-state index in [9.17, 15) is 19.2 Å². The van der Waals surface area contributed by atoms with Gasteiger partial charge >= 0.3 is 0 Å². The summed E-state index contributed by atoms with van der Waals surface area (Å²) in [6, 6.07) is 31.6. The number of fused-ring (bicyclic) bond motifs is 6. The molecule has 0 radical (unpaired) electrons. The molecule has 0 spiro atoms. The third kappa shape index (κ3) is 14.1. The molecular weight excluding hydrogens is 1180 g/mol. The molecule has 2 unspecified atom stereocenters. The minimum atomic E-state index is -0.431. The Labute approximate surface area is 504 Å². The van der Waals surface area contributed by atoms with Crippen molar-refractivity contribution in [2.45, 2.75) is 87.6 Å². The number of carbonyl (C=O) groups is 4. The van der Waals surface area contributed by atoms with E-state index in [4.69, 9.17) is 50.5 Å². The van der Waals surface area contributed by atoms with Crippen LogP contribution >= 0.6 is 50.7 Å². The number of allylic oxidation sites excluding steroid dienone is 2. The Bertz CT molecular complexity index is 3660. The number of carbonyl (C=O) groups excluding carboxylic acids is 4. The highest BCUT2D eigenvalue weighted by Gasteiger charge is 2.45. The fourth-order valence-electron chi connectivity index (χ4n) is 11.7. The number of nitrogen functional groups attached to an aromatic ring is 1. The van der Waals surface area contributed by atoms with Gasteiger partial charge in [0.15, 0.2) is 0 Å². The normalized spacial score (nSPS) is 19.8. The average Bonchev–Trinajstić information content (AvgIpc) is 4.33. The van der Waals surface area contributed by atoms with Gasteiger partial charge in [-0.15, -0.1) is 0 Å². The SMILES string of the molecule is CN(C)C/C=C/C(=O)Nc1ccc(C(=O)N2[C@@H]3CC[C@H]2CC(Nc2ncc(Cl)c(-c4c[nH]c5ccccc45)n2)C3)cc1.Nc1ccc(C(=O)N2[C@@H]3CC[C@H]2CC(Nc2ncc(Cl)c(-c4c[nH]c5ccccc45)n2)C3)cc1.O=C(Cl)/C=C/CBr. The Morgan fingerprint density at radius 3 is 1.52 bits per heavy atom. The van der Waals surface area contributed by atoms with E-state index in [1.807, 2.05) is 92.1 Å². The fourth-order valence-corrected chi connectivity index (χ4v) is 12.4. The molecule has 4 aliphatic rings. The molecule has 21 heteroatoms. The number of nitrogens with one attached hydrogen (secondary N) is 5. The molecule has 6 atom stereocenters. The number of hydrogen-bond donors (Lipinski definition) is 6. The first kappa shape index (κ1) is 58.6. The van der Waals surface area contributed by atoms with E-state index in [2.05, 4.69) is 67.7 Å². The summed E-state index contributed by atoms with van der Waals surface area (Å²) >= 11 is 21.0. The number of aromatic nitrogens is 6. The number of rotatable bonds is 14. The highest BCUT2D eigenvalue weighted by Crippen LogP contribution is 2.41. The van der Waals surface area contributed by atoms with Crippen molar-refractivity contribution in [3.05, 3.63) is 167 Å². The predicted octanol–water partition coefficient (Wildman–Crippen LogP) is 12.4. The minimum Gasteiger partial charge on any atom is -0.399 e. The summed E-state index contributed by atoms with van der Waals surface area (Å²) in [4.78, 5) is 79.9. The molecule has 12 rings (SSSR count). The maximum Gasteiger partial charge on any atom is 0.254 e. The number of hydrogen-bond acceptors (Lipinski definition) is 12. The Morgan fingerprint density at radius 1 is 0.651 bits per heavy atom. The highest BCUT2D eigenvalue weighted by atomic mass is 79.9. The smallest absolute Gasteiger partial charge is 0.254 e. The van der Waals surface area contributed by atoms with Crippen LogP contribution in [0.15, 0.2) is 146 Å². The topological polar surface area (TPSA) is 223 Å². The number of amides is 3. The lowest BCUT2D eigenvalue weighted by Crippen LogP contribution is -2.49. The molecule has 7 N–H and O–H groups in total. The average molecular weight is 1240 g/mol. The molecule has 17 nitrogen and oxygen atoms in total. The number of anilines is 4. The van der Waals surface area contributed by atoms with Gasteiger partial charge in [-0.25, -0.2) is 19.9 Å². The van der Waals surface area contributed by atoms with Gasteiger partial charge < -0.3 is 46.4 Å². The van der Waals surface area contributed by atoms with Gasteiger partial charge in [0.1, 0.15) is 0 Å². The molecule has 4 aromatic heterocycles. The monoisotopic (exact) mass is 1240 g/mol. The largest absolute Gasteiger partial charge is 0.399 e. The van der Waals surface area contributed by atoms with Crippen molar-refractivity contribution >= 4 is 119 Å². The molecular formula is C62H63BrCl3N13O4. The van der Waals surface area contributed by atoms with Crippen molar-refractivity contribution in [2.75, 3.05) is 47.7 Å². The second kappa shape index (κ2) is 26.7. The summed E-state index contributed by atoms with van der Waals surface area (Å²) in [5.74, 6) is 1.04. The van der Waals surface area contributed by atoms with E-state index in [0.29, 0.717) is 67.7 Å². The number of benzene rings is 4. The van der Waals surface area contributed by atoms with Crippen molar-refractivity contribution in [1.82, 2.24) is 44.6 Å².